The van der Waals surface area contributed by atoms with Gasteiger partial charge in [0.25, 0.3) is 0 Å². The molecular formula is C12H12BrNO5. The van der Waals surface area contributed by atoms with Crippen molar-refractivity contribution >= 4 is 33.7 Å². The Morgan fingerprint density at radius 2 is 2.21 bits per heavy atom. The minimum atomic E-state index is -1.20. The van der Waals surface area contributed by atoms with Gasteiger partial charge in [-0.1, -0.05) is 12.7 Å². The highest BCUT2D eigenvalue weighted by Gasteiger charge is 2.19. The normalized spacial score (nSPS) is 9.58. The summed E-state index contributed by atoms with van der Waals surface area (Å²) in [6.07, 6.45) is 0.640. The van der Waals surface area contributed by atoms with E-state index in [-0.39, 0.29) is 22.3 Å². The number of ether oxygens (including phenoxy) is 2. The molecule has 1 amide bonds. The lowest BCUT2D eigenvalue weighted by Gasteiger charge is -2.12. The maximum atomic E-state index is 11.4. The Kier molecular flexibility index (Phi) is 5.37. The summed E-state index contributed by atoms with van der Waals surface area (Å²) in [6, 6.07) is 2.95. The average molecular weight is 330 g/mol. The van der Waals surface area contributed by atoms with E-state index in [1.807, 2.05) is 0 Å². The van der Waals surface area contributed by atoms with E-state index in [0.717, 1.165) is 0 Å². The lowest BCUT2D eigenvalue weighted by molar-refractivity contribution is 0.0696. The van der Waals surface area contributed by atoms with Gasteiger partial charge in [-0.05, 0) is 28.1 Å². The van der Waals surface area contributed by atoms with Gasteiger partial charge in [0.1, 0.15) is 17.9 Å². The van der Waals surface area contributed by atoms with E-state index in [9.17, 15) is 9.59 Å². The summed E-state index contributed by atoms with van der Waals surface area (Å²) in [7, 11) is 1.41. The van der Waals surface area contributed by atoms with Gasteiger partial charge in [0.2, 0.25) is 0 Å². The molecule has 1 aromatic carbocycles. The average Bonchev–Trinajstić information content (AvgIpc) is 2.36. The van der Waals surface area contributed by atoms with Crippen LogP contribution in [0.3, 0.4) is 0 Å². The maximum Gasteiger partial charge on any atom is 0.411 e. The summed E-state index contributed by atoms with van der Waals surface area (Å²) in [5, 5.41) is 11.5. The zero-order valence-electron chi connectivity index (χ0n) is 10.1. The molecule has 19 heavy (non-hydrogen) atoms. The molecule has 0 spiro atoms. The van der Waals surface area contributed by atoms with Crippen LogP contribution in [0.2, 0.25) is 0 Å². The first kappa shape index (κ1) is 15.0. The molecule has 102 valence electrons. The second-order valence-corrected chi connectivity index (χ2v) is 4.11. The zero-order chi connectivity index (χ0) is 14.4. The van der Waals surface area contributed by atoms with Crippen molar-refractivity contribution in [1.29, 1.82) is 0 Å². The van der Waals surface area contributed by atoms with Gasteiger partial charge < -0.3 is 14.6 Å². The maximum absolute atomic E-state index is 11.4. The third kappa shape index (κ3) is 3.72. The Bertz CT molecular complexity index is 515. The predicted octanol–water partition coefficient (Wildman–Crippen LogP) is 2.89. The number of benzene rings is 1. The summed E-state index contributed by atoms with van der Waals surface area (Å²) in [4.78, 5) is 22.6. The van der Waals surface area contributed by atoms with Crippen LogP contribution in [0.1, 0.15) is 10.4 Å². The van der Waals surface area contributed by atoms with Gasteiger partial charge in [0.05, 0.1) is 17.3 Å². The van der Waals surface area contributed by atoms with E-state index in [1.54, 1.807) is 0 Å². The van der Waals surface area contributed by atoms with Crippen molar-refractivity contribution in [1.82, 2.24) is 0 Å². The van der Waals surface area contributed by atoms with Gasteiger partial charge in [0.15, 0.2) is 0 Å². The Hall–Kier alpha value is -2.02. The van der Waals surface area contributed by atoms with E-state index in [2.05, 4.69) is 27.8 Å². The molecule has 0 fully saturated rings. The van der Waals surface area contributed by atoms with Crippen molar-refractivity contribution in [3.05, 3.63) is 34.8 Å². The number of halogens is 1. The topological polar surface area (TPSA) is 84.9 Å². The fourth-order valence-electron chi connectivity index (χ4n) is 1.31. The SMILES string of the molecule is C=CCOC(=O)Nc1ccc(OC)c(Br)c1C(=O)O. The first-order valence-electron chi connectivity index (χ1n) is 5.15. The summed E-state index contributed by atoms with van der Waals surface area (Å²) in [5.74, 6) is -0.854. The first-order valence-corrected chi connectivity index (χ1v) is 5.95. The van der Waals surface area contributed by atoms with Crippen molar-refractivity contribution < 1.29 is 24.2 Å². The van der Waals surface area contributed by atoms with Crippen molar-refractivity contribution in [2.45, 2.75) is 0 Å². The molecule has 0 aromatic heterocycles. The zero-order valence-corrected chi connectivity index (χ0v) is 11.7. The van der Waals surface area contributed by atoms with E-state index >= 15 is 0 Å². The molecule has 0 unspecified atom stereocenters. The molecule has 0 saturated heterocycles. The number of rotatable bonds is 5. The van der Waals surface area contributed by atoms with E-state index in [0.29, 0.717) is 5.75 Å². The number of carboxylic acid groups (broad SMARTS) is 1. The van der Waals surface area contributed by atoms with Crippen LogP contribution in [-0.2, 0) is 4.74 Å². The number of amides is 1. The standard InChI is InChI=1S/C12H12BrNO5/c1-3-6-19-12(17)14-7-4-5-8(18-2)10(13)9(7)11(15)16/h3-5H,1,6H2,2H3,(H,14,17)(H,15,16). The molecule has 0 radical (unpaired) electrons. The third-order valence-corrected chi connectivity index (χ3v) is 2.90. The van der Waals surface area contributed by atoms with E-state index in [4.69, 9.17) is 14.6 Å². The second-order valence-electron chi connectivity index (χ2n) is 3.32. The van der Waals surface area contributed by atoms with Gasteiger partial charge in [-0.2, -0.15) is 0 Å². The molecule has 0 saturated carbocycles. The molecule has 0 aliphatic rings. The fourth-order valence-corrected chi connectivity index (χ4v) is 1.99. The highest BCUT2D eigenvalue weighted by molar-refractivity contribution is 9.10. The third-order valence-electron chi connectivity index (χ3n) is 2.11. The second kappa shape index (κ2) is 6.79. The van der Waals surface area contributed by atoms with E-state index < -0.39 is 12.1 Å². The van der Waals surface area contributed by atoms with Crippen LogP contribution < -0.4 is 10.1 Å². The van der Waals surface area contributed by atoms with Gasteiger partial charge in [-0.3, -0.25) is 5.32 Å². The fraction of sp³-hybridized carbons (Fsp3) is 0.167. The van der Waals surface area contributed by atoms with Crippen LogP contribution in [0.25, 0.3) is 0 Å². The molecular weight excluding hydrogens is 318 g/mol. The van der Waals surface area contributed by atoms with Gasteiger partial charge in [-0.25, -0.2) is 9.59 Å². The van der Waals surface area contributed by atoms with Crippen LogP contribution in [0.5, 0.6) is 5.75 Å². The summed E-state index contributed by atoms with van der Waals surface area (Å²) >= 11 is 3.12. The Labute approximate surface area is 118 Å². The van der Waals surface area contributed by atoms with Crippen LogP contribution in [0, 0.1) is 0 Å². The minimum absolute atomic E-state index is 0.0333. The number of aromatic carboxylic acids is 1. The van der Waals surface area contributed by atoms with Crippen LogP contribution in [0.15, 0.2) is 29.3 Å². The molecule has 1 aromatic rings. The monoisotopic (exact) mass is 329 g/mol. The lowest BCUT2D eigenvalue weighted by atomic mass is 10.1. The highest BCUT2D eigenvalue weighted by atomic mass is 79.9. The van der Waals surface area contributed by atoms with Crippen LogP contribution >= 0.6 is 15.9 Å². The molecule has 7 heteroatoms. The number of carboxylic acids is 1. The van der Waals surface area contributed by atoms with Crippen molar-refractivity contribution in [2.75, 3.05) is 19.0 Å². The quantitative estimate of drug-likeness (QED) is 0.811. The summed E-state index contributed by atoms with van der Waals surface area (Å²) in [5.41, 5.74) is -0.0101. The lowest BCUT2D eigenvalue weighted by Crippen LogP contribution is -2.16. The van der Waals surface area contributed by atoms with Crippen molar-refractivity contribution in [3.63, 3.8) is 0 Å². The van der Waals surface area contributed by atoms with E-state index in [1.165, 1.54) is 25.3 Å². The summed E-state index contributed by atoms with van der Waals surface area (Å²) < 4.78 is 9.95. The highest BCUT2D eigenvalue weighted by Crippen LogP contribution is 2.33. The molecule has 0 aliphatic carbocycles. The predicted molar refractivity (Wildman–Crippen MR) is 72.8 cm³/mol. The first-order chi connectivity index (χ1) is 9.01. The number of carbonyl (C=O) groups is 2. The van der Waals surface area contributed by atoms with Gasteiger partial charge in [-0.15, -0.1) is 0 Å². The molecule has 1 rings (SSSR count). The number of methoxy groups -OCH3 is 1. The summed E-state index contributed by atoms with van der Waals surface area (Å²) in [6.45, 7) is 3.43. The number of nitrogens with one attached hydrogen (secondary N) is 1. The molecule has 2 N–H and O–H groups in total. The Morgan fingerprint density at radius 3 is 2.74 bits per heavy atom. The smallest absolute Gasteiger partial charge is 0.411 e. The molecule has 0 aliphatic heterocycles. The molecule has 0 bridgehead atoms. The van der Waals surface area contributed by atoms with Crippen LogP contribution in [-0.4, -0.2) is 30.9 Å². The van der Waals surface area contributed by atoms with Crippen LogP contribution in [0.4, 0.5) is 10.5 Å². The number of hydrogen-bond acceptors (Lipinski definition) is 4. The molecule has 0 heterocycles. The van der Waals surface area contributed by atoms with Gasteiger partial charge >= 0.3 is 12.1 Å². The van der Waals surface area contributed by atoms with Gasteiger partial charge in [0, 0.05) is 0 Å². The Morgan fingerprint density at radius 1 is 1.53 bits per heavy atom. The molecule has 0 atom stereocenters. The van der Waals surface area contributed by atoms with Crippen molar-refractivity contribution in [2.24, 2.45) is 0 Å². The number of anilines is 1. The molecule has 6 nitrogen and oxygen atoms in total. The largest absolute Gasteiger partial charge is 0.496 e. The minimum Gasteiger partial charge on any atom is -0.496 e. The number of hydrogen-bond donors (Lipinski definition) is 2. The Balaban J connectivity index is 3.07. The van der Waals surface area contributed by atoms with Crippen molar-refractivity contribution in [3.8, 4) is 5.75 Å². The number of carbonyl (C=O) groups excluding carboxylic acids is 1.